The van der Waals surface area contributed by atoms with Gasteiger partial charge in [0.2, 0.25) is 0 Å². The summed E-state index contributed by atoms with van der Waals surface area (Å²) in [6, 6.07) is 2.87. The predicted molar refractivity (Wildman–Crippen MR) is 79.5 cm³/mol. The van der Waals surface area contributed by atoms with Crippen LogP contribution in [0, 0.1) is 8.30 Å². The molecule has 1 unspecified atom stereocenters. The fourth-order valence-corrected chi connectivity index (χ4v) is 4.76. The van der Waals surface area contributed by atoms with E-state index in [1.807, 2.05) is 11.3 Å². The Morgan fingerprint density at radius 2 is 2.35 bits per heavy atom. The van der Waals surface area contributed by atoms with E-state index in [1.165, 1.54) is 40.6 Å². The molecule has 1 heterocycles. The van der Waals surface area contributed by atoms with Gasteiger partial charge in [-0.25, -0.2) is 0 Å². The molecule has 2 nitrogen and oxygen atoms in total. The maximum absolute atomic E-state index is 9.35. The molecule has 2 aliphatic carbocycles. The van der Waals surface area contributed by atoms with Gasteiger partial charge in [-0.05, 0) is 66.3 Å². The number of aryl methyl sites for hydroxylation is 1. The average Bonchev–Trinajstić information content (AvgIpc) is 3.01. The molecule has 0 radical (unpaired) electrons. The molecule has 1 atom stereocenters. The molecule has 94 valence electrons. The number of aliphatic hydroxyl groups excluding tert-OH is 1. The van der Waals surface area contributed by atoms with E-state index in [1.54, 1.807) is 4.88 Å². The lowest BCUT2D eigenvalue weighted by atomic mass is 9.93. The largest absolute Gasteiger partial charge is 0.396 e. The van der Waals surface area contributed by atoms with Crippen molar-refractivity contribution in [3.63, 3.8) is 0 Å². The Labute approximate surface area is 120 Å². The third kappa shape index (κ3) is 2.55. The minimum Gasteiger partial charge on any atom is -0.396 e. The van der Waals surface area contributed by atoms with Crippen LogP contribution in [-0.4, -0.2) is 18.3 Å². The molecule has 0 aromatic carbocycles. The van der Waals surface area contributed by atoms with Gasteiger partial charge in [-0.3, -0.25) is 0 Å². The molecule has 0 bridgehead atoms. The number of hydrogen-bond acceptors (Lipinski definition) is 3. The first kappa shape index (κ1) is 12.4. The summed E-state index contributed by atoms with van der Waals surface area (Å²) in [4.78, 5) is 1.58. The number of nitrogens with one attached hydrogen (secondary N) is 1. The van der Waals surface area contributed by atoms with Gasteiger partial charge in [0.05, 0.1) is 2.88 Å². The summed E-state index contributed by atoms with van der Waals surface area (Å²) in [7, 11) is 0. The van der Waals surface area contributed by atoms with E-state index in [0.717, 1.165) is 6.54 Å². The van der Waals surface area contributed by atoms with E-state index < -0.39 is 0 Å². The van der Waals surface area contributed by atoms with E-state index in [0.29, 0.717) is 12.6 Å². The Morgan fingerprint density at radius 1 is 1.53 bits per heavy atom. The van der Waals surface area contributed by atoms with Gasteiger partial charge in [-0.1, -0.05) is 0 Å². The molecule has 17 heavy (non-hydrogen) atoms. The van der Waals surface area contributed by atoms with Gasteiger partial charge < -0.3 is 10.4 Å². The minimum absolute atomic E-state index is 0.223. The Bertz CT molecular complexity index is 414. The van der Waals surface area contributed by atoms with Crippen molar-refractivity contribution in [3.8, 4) is 0 Å². The number of aliphatic hydroxyl groups is 1. The van der Waals surface area contributed by atoms with Crippen molar-refractivity contribution in [2.24, 2.45) is 5.41 Å². The standard InChI is InChI=1S/C13H18INOS/c14-12-6-9-10(2-1-3-11(9)17-12)15-7-13(8-16)4-5-13/h6,10,15-16H,1-5,7-8H2. The van der Waals surface area contributed by atoms with E-state index in [2.05, 4.69) is 34.0 Å². The molecule has 1 aromatic rings. The highest BCUT2D eigenvalue weighted by atomic mass is 127. The SMILES string of the molecule is OCC1(CNC2CCCc3sc(I)cc32)CC1. The minimum atomic E-state index is 0.223. The lowest BCUT2D eigenvalue weighted by Crippen LogP contribution is -2.31. The summed E-state index contributed by atoms with van der Waals surface area (Å²) >= 11 is 4.37. The number of halogens is 1. The van der Waals surface area contributed by atoms with Gasteiger partial charge in [-0.15, -0.1) is 11.3 Å². The lowest BCUT2D eigenvalue weighted by Gasteiger charge is -2.25. The van der Waals surface area contributed by atoms with Crippen LogP contribution >= 0.6 is 33.9 Å². The predicted octanol–water partition coefficient (Wildman–Crippen LogP) is 3.09. The number of hydrogen-bond donors (Lipinski definition) is 2. The zero-order valence-electron chi connectivity index (χ0n) is 9.84. The fraction of sp³-hybridized carbons (Fsp3) is 0.692. The second kappa shape index (κ2) is 4.79. The molecule has 0 spiro atoms. The molecule has 0 aliphatic heterocycles. The van der Waals surface area contributed by atoms with Gasteiger partial charge in [0.1, 0.15) is 0 Å². The maximum Gasteiger partial charge on any atom is 0.0659 e. The van der Waals surface area contributed by atoms with E-state index in [4.69, 9.17) is 0 Å². The van der Waals surface area contributed by atoms with Crippen LogP contribution in [0.15, 0.2) is 6.07 Å². The van der Waals surface area contributed by atoms with Gasteiger partial charge in [0.25, 0.3) is 0 Å². The van der Waals surface area contributed by atoms with Crippen molar-refractivity contribution in [3.05, 3.63) is 19.4 Å². The topological polar surface area (TPSA) is 32.3 Å². The molecule has 4 heteroatoms. The monoisotopic (exact) mass is 363 g/mol. The van der Waals surface area contributed by atoms with E-state index in [-0.39, 0.29) is 5.41 Å². The Balaban J connectivity index is 1.68. The lowest BCUT2D eigenvalue weighted by molar-refractivity contribution is 0.202. The van der Waals surface area contributed by atoms with Crippen LogP contribution in [0.3, 0.4) is 0 Å². The van der Waals surface area contributed by atoms with Crippen molar-refractivity contribution in [2.75, 3.05) is 13.2 Å². The third-order valence-electron chi connectivity index (χ3n) is 4.10. The van der Waals surface area contributed by atoms with Crippen LogP contribution in [0.5, 0.6) is 0 Å². The quantitative estimate of drug-likeness (QED) is 0.806. The summed E-state index contributed by atoms with van der Waals surface area (Å²) in [6.07, 6.45) is 6.19. The second-order valence-corrected chi connectivity index (χ2v) is 8.44. The zero-order valence-corrected chi connectivity index (χ0v) is 12.8. The number of thiophene rings is 1. The third-order valence-corrected chi connectivity index (χ3v) is 6.07. The normalized spacial score (nSPS) is 25.6. The molecule has 0 amide bonds. The first-order valence-corrected chi connectivity index (χ1v) is 8.24. The van der Waals surface area contributed by atoms with Crippen LogP contribution in [-0.2, 0) is 6.42 Å². The smallest absolute Gasteiger partial charge is 0.0659 e. The molecule has 0 saturated heterocycles. The first-order valence-electron chi connectivity index (χ1n) is 6.35. The van der Waals surface area contributed by atoms with Crippen LogP contribution in [0.25, 0.3) is 0 Å². The summed E-state index contributed by atoms with van der Waals surface area (Å²) < 4.78 is 1.41. The highest BCUT2D eigenvalue weighted by molar-refractivity contribution is 14.1. The van der Waals surface area contributed by atoms with Crippen LogP contribution in [0.2, 0.25) is 0 Å². The molecule has 1 fully saturated rings. The molecule has 3 rings (SSSR count). The van der Waals surface area contributed by atoms with Gasteiger partial charge in [-0.2, -0.15) is 0 Å². The Kier molecular flexibility index (Phi) is 3.49. The van der Waals surface area contributed by atoms with Crippen molar-refractivity contribution < 1.29 is 5.11 Å². The van der Waals surface area contributed by atoms with E-state index in [9.17, 15) is 5.11 Å². The van der Waals surface area contributed by atoms with Gasteiger partial charge in [0, 0.05) is 29.5 Å². The summed E-state index contributed by atoms with van der Waals surface area (Å²) in [5, 5.41) is 13.0. The number of fused-ring (bicyclic) bond motifs is 1. The van der Waals surface area contributed by atoms with Crippen LogP contribution in [0.4, 0.5) is 0 Å². The molecule has 2 aliphatic rings. The number of rotatable bonds is 4. The van der Waals surface area contributed by atoms with Crippen molar-refractivity contribution >= 4 is 33.9 Å². The molecule has 1 saturated carbocycles. The van der Waals surface area contributed by atoms with Gasteiger partial charge in [0.15, 0.2) is 0 Å². The Morgan fingerprint density at radius 3 is 3.06 bits per heavy atom. The Hall–Kier alpha value is 0.350. The summed E-state index contributed by atoms with van der Waals surface area (Å²) in [6.45, 7) is 1.33. The highest BCUT2D eigenvalue weighted by Crippen LogP contribution is 2.45. The van der Waals surface area contributed by atoms with Crippen molar-refractivity contribution in [1.29, 1.82) is 0 Å². The van der Waals surface area contributed by atoms with E-state index >= 15 is 0 Å². The first-order chi connectivity index (χ1) is 8.22. The molecule has 1 aromatic heterocycles. The average molecular weight is 363 g/mol. The maximum atomic E-state index is 9.35. The molecular formula is C13H18INOS. The summed E-state index contributed by atoms with van der Waals surface area (Å²) in [5.41, 5.74) is 1.75. The fourth-order valence-electron chi connectivity index (χ4n) is 2.64. The molecular weight excluding hydrogens is 345 g/mol. The second-order valence-electron chi connectivity index (χ2n) is 5.41. The van der Waals surface area contributed by atoms with Gasteiger partial charge >= 0.3 is 0 Å². The van der Waals surface area contributed by atoms with Crippen LogP contribution < -0.4 is 5.32 Å². The highest BCUT2D eigenvalue weighted by Gasteiger charge is 2.42. The van der Waals surface area contributed by atoms with Crippen LogP contribution in [0.1, 0.15) is 42.2 Å². The summed E-state index contributed by atoms with van der Waals surface area (Å²) in [5.74, 6) is 0. The zero-order chi connectivity index (χ0) is 11.9. The van der Waals surface area contributed by atoms with Crippen molar-refractivity contribution in [1.82, 2.24) is 5.32 Å². The van der Waals surface area contributed by atoms with Crippen molar-refractivity contribution in [2.45, 2.75) is 38.1 Å². The molecule has 2 N–H and O–H groups in total.